The topological polar surface area (TPSA) is 29.1 Å². The van der Waals surface area contributed by atoms with Crippen LogP contribution in [0.5, 0.6) is 0 Å². The summed E-state index contributed by atoms with van der Waals surface area (Å²) >= 11 is 0. The molecule has 0 atom stereocenters. The largest absolute Gasteiger partial charge is 0.359 e. The summed E-state index contributed by atoms with van der Waals surface area (Å²) in [4.78, 5) is 11.1. The van der Waals surface area contributed by atoms with E-state index >= 15 is 0 Å². The smallest absolute Gasteiger partial charge is 0.219 e. The van der Waals surface area contributed by atoms with Crippen molar-refractivity contribution in [3.05, 3.63) is 0 Å². The summed E-state index contributed by atoms with van der Waals surface area (Å²) in [5, 5.41) is 2.69. The maximum absolute atomic E-state index is 11.1. The van der Waals surface area contributed by atoms with Crippen LogP contribution in [0.3, 0.4) is 0 Å². The third-order valence-corrected chi connectivity index (χ3v) is 6.29. The molecule has 0 spiro atoms. The number of hydrogen-bond donors (Lipinski definition) is 1. The average Bonchev–Trinajstić information content (AvgIpc) is 2.74. The van der Waals surface area contributed by atoms with Crippen molar-refractivity contribution in [2.24, 2.45) is 0 Å². The van der Waals surface area contributed by atoms with Gasteiger partial charge in [-0.25, -0.2) is 0 Å². The van der Waals surface area contributed by atoms with Crippen LogP contribution in [-0.4, -0.2) is 13.0 Å². The molecule has 0 heterocycles. The molecule has 0 saturated carbocycles. The maximum Gasteiger partial charge on any atom is 0.219 e. The Bertz CT molecular complexity index is 316. The second-order valence-electron chi connectivity index (χ2n) is 9.20. The Kier molecular flexibility index (Phi) is 25.0. The predicted octanol–water partition coefficient (Wildman–Crippen LogP) is 9.11. The molecule has 0 aromatic heterocycles. The van der Waals surface area contributed by atoms with Crippen LogP contribution < -0.4 is 5.32 Å². The zero-order valence-electron chi connectivity index (χ0n) is 20.4. The van der Waals surface area contributed by atoms with Gasteiger partial charge < -0.3 is 5.32 Å². The van der Waals surface area contributed by atoms with Crippen molar-refractivity contribution in [1.82, 2.24) is 5.32 Å². The van der Waals surface area contributed by atoms with E-state index in [1.165, 1.54) is 141 Å². The van der Waals surface area contributed by atoms with Gasteiger partial charge in [-0.05, 0) is 6.42 Å². The van der Waals surface area contributed by atoms with Gasteiger partial charge >= 0.3 is 0 Å². The van der Waals surface area contributed by atoms with Crippen molar-refractivity contribution >= 4 is 5.91 Å². The molecule has 0 aliphatic rings. The molecule has 0 aliphatic heterocycles. The maximum atomic E-state index is 11.1. The number of nitrogens with one attached hydrogen (secondary N) is 1. The van der Waals surface area contributed by atoms with E-state index in [9.17, 15) is 4.79 Å². The number of unbranched alkanes of at least 4 members (excludes halogenated alkanes) is 22. The van der Waals surface area contributed by atoms with E-state index in [1.54, 1.807) is 7.05 Å². The third-order valence-electron chi connectivity index (χ3n) is 6.29. The summed E-state index contributed by atoms with van der Waals surface area (Å²) in [6.07, 6.45) is 33.2. The molecule has 0 aliphatic carbocycles. The lowest BCUT2D eigenvalue weighted by atomic mass is 10.0. The fourth-order valence-electron chi connectivity index (χ4n) is 4.20. The SMILES string of the molecule is CCCCCCCCCCCCCCCCCCCCCCCCCC(=O)NC. The zero-order valence-corrected chi connectivity index (χ0v) is 20.4. The molecular weight excluding hydrogens is 354 g/mol. The second-order valence-corrected chi connectivity index (χ2v) is 9.20. The van der Waals surface area contributed by atoms with Gasteiger partial charge in [-0.1, -0.05) is 148 Å². The highest BCUT2D eigenvalue weighted by atomic mass is 16.1. The Labute approximate surface area is 184 Å². The minimum Gasteiger partial charge on any atom is -0.359 e. The van der Waals surface area contributed by atoms with Crippen LogP contribution in [-0.2, 0) is 4.79 Å². The van der Waals surface area contributed by atoms with Gasteiger partial charge in [0.15, 0.2) is 0 Å². The van der Waals surface area contributed by atoms with E-state index in [-0.39, 0.29) is 5.91 Å². The number of carbonyl (C=O) groups is 1. The first-order valence-electron chi connectivity index (χ1n) is 13.5. The summed E-state index contributed by atoms with van der Waals surface area (Å²) in [7, 11) is 1.72. The molecule has 0 aromatic carbocycles. The van der Waals surface area contributed by atoms with Crippen molar-refractivity contribution in [1.29, 1.82) is 0 Å². The first-order chi connectivity index (χ1) is 14.3. The van der Waals surface area contributed by atoms with E-state index in [4.69, 9.17) is 0 Å². The van der Waals surface area contributed by atoms with Crippen molar-refractivity contribution in [3.63, 3.8) is 0 Å². The second kappa shape index (κ2) is 25.5. The Hall–Kier alpha value is -0.530. The van der Waals surface area contributed by atoms with Crippen molar-refractivity contribution in [3.8, 4) is 0 Å². The summed E-state index contributed by atoms with van der Waals surface area (Å²) < 4.78 is 0. The fourth-order valence-corrected chi connectivity index (χ4v) is 4.20. The van der Waals surface area contributed by atoms with Gasteiger partial charge in [0.1, 0.15) is 0 Å². The molecule has 0 rings (SSSR count). The zero-order chi connectivity index (χ0) is 21.3. The molecule has 0 radical (unpaired) electrons. The summed E-state index contributed by atoms with van der Waals surface area (Å²) in [6.45, 7) is 2.30. The normalized spacial score (nSPS) is 11.1. The summed E-state index contributed by atoms with van der Waals surface area (Å²) in [6, 6.07) is 0. The van der Waals surface area contributed by atoms with Gasteiger partial charge in [0.05, 0.1) is 0 Å². The molecule has 29 heavy (non-hydrogen) atoms. The molecule has 174 valence electrons. The van der Waals surface area contributed by atoms with E-state index < -0.39 is 0 Å². The average molecular weight is 410 g/mol. The van der Waals surface area contributed by atoms with Gasteiger partial charge in [-0.15, -0.1) is 0 Å². The highest BCUT2D eigenvalue weighted by molar-refractivity contribution is 5.75. The van der Waals surface area contributed by atoms with Crippen molar-refractivity contribution in [2.75, 3.05) is 7.05 Å². The van der Waals surface area contributed by atoms with Crippen LogP contribution in [0.2, 0.25) is 0 Å². The lowest BCUT2D eigenvalue weighted by Gasteiger charge is -2.04. The monoisotopic (exact) mass is 409 g/mol. The van der Waals surface area contributed by atoms with E-state index in [0.29, 0.717) is 6.42 Å². The highest BCUT2D eigenvalue weighted by Gasteiger charge is 1.98. The lowest BCUT2D eigenvalue weighted by Crippen LogP contribution is -2.16. The molecule has 0 fully saturated rings. The molecule has 2 heteroatoms. The number of rotatable bonds is 24. The molecule has 1 amide bonds. The molecule has 0 saturated heterocycles. The molecular formula is C27H55NO. The van der Waals surface area contributed by atoms with Crippen LogP contribution in [0.1, 0.15) is 161 Å². The van der Waals surface area contributed by atoms with E-state index in [0.717, 1.165) is 6.42 Å². The van der Waals surface area contributed by atoms with E-state index in [1.807, 2.05) is 0 Å². The first-order valence-corrected chi connectivity index (χ1v) is 13.5. The molecule has 0 bridgehead atoms. The molecule has 0 aromatic rings. The van der Waals surface area contributed by atoms with Crippen LogP contribution in [0, 0.1) is 0 Å². The molecule has 2 nitrogen and oxygen atoms in total. The summed E-state index contributed by atoms with van der Waals surface area (Å²) in [5.41, 5.74) is 0. The van der Waals surface area contributed by atoms with Crippen molar-refractivity contribution in [2.45, 2.75) is 161 Å². The quantitative estimate of drug-likeness (QED) is 0.158. The Morgan fingerprint density at radius 2 is 0.690 bits per heavy atom. The van der Waals surface area contributed by atoms with Gasteiger partial charge in [0.25, 0.3) is 0 Å². The van der Waals surface area contributed by atoms with Crippen LogP contribution in [0.15, 0.2) is 0 Å². The summed E-state index contributed by atoms with van der Waals surface area (Å²) in [5.74, 6) is 0.188. The Morgan fingerprint density at radius 1 is 0.448 bits per heavy atom. The Morgan fingerprint density at radius 3 is 0.931 bits per heavy atom. The first kappa shape index (κ1) is 28.5. The van der Waals surface area contributed by atoms with E-state index in [2.05, 4.69) is 12.2 Å². The van der Waals surface area contributed by atoms with Crippen LogP contribution >= 0.6 is 0 Å². The van der Waals surface area contributed by atoms with Crippen LogP contribution in [0.25, 0.3) is 0 Å². The lowest BCUT2D eigenvalue weighted by molar-refractivity contribution is -0.120. The number of hydrogen-bond acceptors (Lipinski definition) is 1. The number of carbonyl (C=O) groups excluding carboxylic acids is 1. The standard InChI is InChI=1S/C27H55NO/c1-3-4-5-6-7-8-9-10-11-12-13-14-15-16-17-18-19-20-21-22-23-24-25-26-27(29)28-2/h3-26H2,1-2H3,(H,28,29). The molecule has 1 N–H and O–H groups in total. The van der Waals surface area contributed by atoms with Gasteiger partial charge in [0, 0.05) is 13.5 Å². The van der Waals surface area contributed by atoms with Gasteiger partial charge in [-0.3, -0.25) is 4.79 Å². The fraction of sp³-hybridized carbons (Fsp3) is 0.963. The van der Waals surface area contributed by atoms with Crippen molar-refractivity contribution < 1.29 is 4.79 Å². The third kappa shape index (κ3) is 25.4. The highest BCUT2D eigenvalue weighted by Crippen LogP contribution is 2.15. The Balaban J connectivity index is 3.01. The van der Waals surface area contributed by atoms with Gasteiger partial charge in [0.2, 0.25) is 5.91 Å². The minimum atomic E-state index is 0.188. The van der Waals surface area contributed by atoms with Gasteiger partial charge in [-0.2, -0.15) is 0 Å². The molecule has 0 unspecified atom stereocenters. The number of amides is 1. The van der Waals surface area contributed by atoms with Crippen LogP contribution in [0.4, 0.5) is 0 Å². The minimum absolute atomic E-state index is 0.188. The predicted molar refractivity (Wildman–Crippen MR) is 131 cm³/mol.